The lowest BCUT2D eigenvalue weighted by molar-refractivity contribution is 0.320. The van der Waals surface area contributed by atoms with Gasteiger partial charge in [-0.1, -0.05) is 0 Å². The van der Waals surface area contributed by atoms with Gasteiger partial charge >= 0.3 is 0 Å². The highest BCUT2D eigenvalue weighted by atomic mass is 32.2. The number of sulfone groups is 1. The largest absolute Gasteiger partial charge is 0.302 e. The van der Waals surface area contributed by atoms with E-state index < -0.39 is 27.3 Å². The molecule has 0 aliphatic heterocycles. The molecule has 0 heterocycles. The first kappa shape index (κ1) is 16.0. The number of nitrogens with zero attached hydrogens (tertiary/aromatic N) is 1. The summed E-state index contributed by atoms with van der Waals surface area (Å²) in [6.45, 7) is 0.512. The molecule has 0 saturated carbocycles. The number of hydrogen-bond acceptors (Lipinski definition) is 3. The molecule has 108 valence electrons. The number of halogens is 3. The Morgan fingerprint density at radius 3 is 2.26 bits per heavy atom. The van der Waals surface area contributed by atoms with Crippen LogP contribution < -0.4 is 0 Å². The molecule has 7 heteroatoms. The summed E-state index contributed by atoms with van der Waals surface area (Å²) in [5, 5.41) is 0. The van der Waals surface area contributed by atoms with E-state index in [1.165, 1.54) is 0 Å². The normalized spacial score (nSPS) is 12.1. The molecular formula is C12H16F3NO2S. The molecule has 1 aromatic carbocycles. The van der Waals surface area contributed by atoms with Gasteiger partial charge in [0.05, 0.1) is 5.75 Å². The minimum atomic E-state index is -3.02. The molecule has 0 radical (unpaired) electrons. The zero-order valence-electron chi connectivity index (χ0n) is 10.8. The quantitative estimate of drug-likeness (QED) is 0.753. The van der Waals surface area contributed by atoms with Gasteiger partial charge in [0, 0.05) is 24.4 Å². The Morgan fingerprint density at radius 2 is 1.68 bits per heavy atom. The van der Waals surface area contributed by atoms with E-state index in [4.69, 9.17) is 0 Å². The first-order valence-corrected chi connectivity index (χ1v) is 7.75. The van der Waals surface area contributed by atoms with E-state index >= 15 is 0 Å². The fraction of sp³-hybridized carbons (Fsp3) is 0.500. The molecule has 19 heavy (non-hydrogen) atoms. The van der Waals surface area contributed by atoms with Crippen LogP contribution in [0.5, 0.6) is 0 Å². The number of benzene rings is 1. The van der Waals surface area contributed by atoms with E-state index in [1.54, 1.807) is 11.9 Å². The predicted octanol–water partition coefficient (Wildman–Crippen LogP) is 1.97. The van der Waals surface area contributed by atoms with Crippen molar-refractivity contribution in [2.75, 3.05) is 25.6 Å². The Hall–Kier alpha value is -1.08. The van der Waals surface area contributed by atoms with Crippen LogP contribution in [0, 0.1) is 17.5 Å². The van der Waals surface area contributed by atoms with Crippen LogP contribution in [0.3, 0.4) is 0 Å². The van der Waals surface area contributed by atoms with Gasteiger partial charge in [-0.3, -0.25) is 0 Å². The van der Waals surface area contributed by atoms with E-state index in [1.807, 2.05) is 0 Å². The van der Waals surface area contributed by atoms with Crippen LogP contribution in [0.25, 0.3) is 0 Å². The van der Waals surface area contributed by atoms with E-state index in [2.05, 4.69) is 0 Å². The highest BCUT2D eigenvalue weighted by Gasteiger charge is 2.12. The molecule has 0 spiro atoms. The van der Waals surface area contributed by atoms with Crippen molar-refractivity contribution in [3.63, 3.8) is 0 Å². The van der Waals surface area contributed by atoms with Crippen LogP contribution in [-0.2, 0) is 16.4 Å². The van der Waals surface area contributed by atoms with Crippen molar-refractivity contribution in [1.29, 1.82) is 0 Å². The van der Waals surface area contributed by atoms with Gasteiger partial charge in [0.15, 0.2) is 11.6 Å². The molecule has 1 aromatic rings. The van der Waals surface area contributed by atoms with Crippen molar-refractivity contribution in [2.24, 2.45) is 0 Å². The van der Waals surface area contributed by atoms with Crippen LogP contribution in [0.4, 0.5) is 13.2 Å². The zero-order chi connectivity index (χ0) is 14.6. The predicted molar refractivity (Wildman–Crippen MR) is 67.0 cm³/mol. The molecule has 0 saturated heterocycles. The average molecular weight is 295 g/mol. The first-order valence-electron chi connectivity index (χ1n) is 5.69. The van der Waals surface area contributed by atoms with Crippen LogP contribution in [-0.4, -0.2) is 38.9 Å². The van der Waals surface area contributed by atoms with E-state index in [0.29, 0.717) is 19.0 Å². The van der Waals surface area contributed by atoms with Crippen molar-refractivity contribution in [2.45, 2.75) is 13.0 Å². The third kappa shape index (κ3) is 5.61. The Kier molecular flexibility index (Phi) is 5.37. The molecular weight excluding hydrogens is 279 g/mol. The van der Waals surface area contributed by atoms with Gasteiger partial charge in [-0.15, -0.1) is 0 Å². The molecule has 0 fully saturated rings. The summed E-state index contributed by atoms with van der Waals surface area (Å²) >= 11 is 0. The summed E-state index contributed by atoms with van der Waals surface area (Å²) in [6, 6.07) is 1.33. The van der Waals surface area contributed by atoms with Gasteiger partial charge in [-0.05, 0) is 26.1 Å². The maximum Gasteiger partial charge on any atom is 0.161 e. The SMILES string of the molecule is CN(CCCS(C)(=O)=O)Cc1cc(F)c(F)cc1F. The minimum Gasteiger partial charge on any atom is -0.302 e. The summed E-state index contributed by atoms with van der Waals surface area (Å²) in [4.78, 5) is 1.65. The fourth-order valence-corrected chi connectivity index (χ4v) is 2.30. The zero-order valence-corrected chi connectivity index (χ0v) is 11.6. The summed E-state index contributed by atoms with van der Waals surface area (Å²) < 4.78 is 61.0. The fourth-order valence-electron chi connectivity index (χ4n) is 1.65. The van der Waals surface area contributed by atoms with Crippen LogP contribution in [0.2, 0.25) is 0 Å². The lowest BCUT2D eigenvalue weighted by Gasteiger charge is -2.16. The highest BCUT2D eigenvalue weighted by Crippen LogP contribution is 2.15. The van der Waals surface area contributed by atoms with Crippen LogP contribution in [0.15, 0.2) is 12.1 Å². The third-order valence-electron chi connectivity index (χ3n) is 2.58. The van der Waals surface area contributed by atoms with E-state index in [9.17, 15) is 21.6 Å². The third-order valence-corrected chi connectivity index (χ3v) is 3.61. The summed E-state index contributed by atoms with van der Waals surface area (Å²) in [6.07, 6.45) is 1.54. The van der Waals surface area contributed by atoms with Crippen molar-refractivity contribution < 1.29 is 21.6 Å². The smallest absolute Gasteiger partial charge is 0.161 e. The summed E-state index contributed by atoms with van der Waals surface area (Å²) in [5.41, 5.74) is 0.0424. The maximum atomic E-state index is 13.4. The molecule has 0 bridgehead atoms. The van der Waals surface area contributed by atoms with Crippen LogP contribution >= 0.6 is 0 Å². The van der Waals surface area contributed by atoms with Crippen molar-refractivity contribution in [1.82, 2.24) is 4.90 Å². The van der Waals surface area contributed by atoms with Gasteiger partial charge < -0.3 is 4.90 Å². The molecule has 0 aromatic heterocycles. The number of hydrogen-bond donors (Lipinski definition) is 0. The van der Waals surface area contributed by atoms with Gasteiger partial charge in [0.25, 0.3) is 0 Å². The molecule has 0 amide bonds. The second-order valence-electron chi connectivity index (χ2n) is 4.58. The molecule has 3 nitrogen and oxygen atoms in total. The molecule has 0 N–H and O–H groups in total. The molecule has 1 rings (SSSR count). The molecule has 0 atom stereocenters. The molecule has 0 aliphatic rings. The minimum absolute atomic E-state index is 0.0393. The Bertz CT molecular complexity index is 546. The summed E-state index contributed by atoms with van der Waals surface area (Å²) in [5.74, 6) is -3.09. The summed E-state index contributed by atoms with van der Waals surface area (Å²) in [7, 11) is -1.37. The van der Waals surface area contributed by atoms with Crippen LogP contribution in [0.1, 0.15) is 12.0 Å². The highest BCUT2D eigenvalue weighted by molar-refractivity contribution is 7.90. The van der Waals surface area contributed by atoms with Gasteiger partial charge in [-0.2, -0.15) is 0 Å². The van der Waals surface area contributed by atoms with Crippen molar-refractivity contribution in [3.8, 4) is 0 Å². The topological polar surface area (TPSA) is 37.4 Å². The Labute approximate surface area is 111 Å². The Morgan fingerprint density at radius 1 is 1.11 bits per heavy atom. The standard InChI is InChI=1S/C12H16F3NO2S/c1-16(4-3-5-19(2,17)18)8-9-6-11(14)12(15)7-10(9)13/h6-7H,3-5,8H2,1-2H3. The maximum absolute atomic E-state index is 13.4. The molecule has 0 aliphatic carbocycles. The van der Waals surface area contributed by atoms with Gasteiger partial charge in [0.1, 0.15) is 15.7 Å². The van der Waals surface area contributed by atoms with Crippen molar-refractivity contribution >= 4 is 9.84 Å². The lowest BCUT2D eigenvalue weighted by Crippen LogP contribution is -2.22. The second-order valence-corrected chi connectivity index (χ2v) is 6.84. The number of rotatable bonds is 6. The van der Waals surface area contributed by atoms with E-state index in [0.717, 1.165) is 12.3 Å². The monoisotopic (exact) mass is 295 g/mol. The van der Waals surface area contributed by atoms with Gasteiger partial charge in [-0.25, -0.2) is 21.6 Å². The second kappa shape index (κ2) is 6.38. The van der Waals surface area contributed by atoms with Gasteiger partial charge in [0.2, 0.25) is 0 Å². The lowest BCUT2D eigenvalue weighted by atomic mass is 10.2. The molecule has 0 unspecified atom stereocenters. The van der Waals surface area contributed by atoms with E-state index in [-0.39, 0.29) is 17.9 Å². The average Bonchev–Trinajstić information content (AvgIpc) is 2.24. The Balaban J connectivity index is 2.57. The first-order chi connectivity index (χ1) is 8.69. The van der Waals surface area contributed by atoms with Crippen molar-refractivity contribution in [3.05, 3.63) is 35.1 Å².